The van der Waals surface area contributed by atoms with E-state index >= 15 is 0 Å². The zero-order valence-electron chi connectivity index (χ0n) is 13.0. The lowest BCUT2D eigenvalue weighted by Gasteiger charge is -2.08. The van der Waals surface area contributed by atoms with Crippen LogP contribution in [0.1, 0.15) is 20.7 Å². The molecule has 0 atom stereocenters. The highest BCUT2D eigenvalue weighted by Crippen LogP contribution is 2.11. The van der Waals surface area contributed by atoms with Gasteiger partial charge in [-0.15, -0.1) is 0 Å². The first-order valence-electron chi connectivity index (χ1n) is 7.14. The van der Waals surface area contributed by atoms with Crippen LogP contribution >= 0.6 is 0 Å². The van der Waals surface area contributed by atoms with E-state index in [1.165, 1.54) is 25.2 Å². The predicted molar refractivity (Wildman–Crippen MR) is 89.6 cm³/mol. The molecule has 24 heavy (non-hydrogen) atoms. The van der Waals surface area contributed by atoms with Gasteiger partial charge in [0, 0.05) is 24.0 Å². The molecule has 2 aromatic carbocycles. The molecular formula is C17H17N3O4. The molecule has 0 radical (unpaired) electrons. The first-order valence-corrected chi connectivity index (χ1v) is 7.14. The third kappa shape index (κ3) is 4.57. The molecule has 0 aliphatic heterocycles. The van der Waals surface area contributed by atoms with Gasteiger partial charge in [-0.1, -0.05) is 6.07 Å². The molecule has 0 aliphatic rings. The van der Waals surface area contributed by atoms with Crippen LogP contribution in [0.3, 0.4) is 0 Å². The fraction of sp³-hybridized carbons (Fsp3) is 0.118. The maximum Gasteiger partial charge on any atom is 0.338 e. The molecule has 124 valence electrons. The summed E-state index contributed by atoms with van der Waals surface area (Å²) in [7, 11) is 1.52. The quantitative estimate of drug-likeness (QED) is 0.568. The lowest BCUT2D eigenvalue weighted by Crippen LogP contribution is -2.22. The monoisotopic (exact) mass is 327 g/mol. The summed E-state index contributed by atoms with van der Waals surface area (Å²) >= 11 is 0. The van der Waals surface area contributed by atoms with Crippen molar-refractivity contribution in [2.45, 2.75) is 0 Å². The van der Waals surface area contributed by atoms with Crippen LogP contribution in [0.15, 0.2) is 48.5 Å². The zero-order valence-corrected chi connectivity index (χ0v) is 13.0. The van der Waals surface area contributed by atoms with Crippen molar-refractivity contribution in [1.29, 1.82) is 0 Å². The highest BCUT2D eigenvalue weighted by Gasteiger charge is 2.11. The lowest BCUT2D eigenvalue weighted by molar-refractivity contribution is -0.119. The Balaban J connectivity index is 1.90. The number of esters is 1. The van der Waals surface area contributed by atoms with Crippen LogP contribution in [0.25, 0.3) is 0 Å². The van der Waals surface area contributed by atoms with Gasteiger partial charge in [0.25, 0.3) is 11.8 Å². The van der Waals surface area contributed by atoms with Crippen LogP contribution in [-0.2, 0) is 9.53 Å². The second-order valence-corrected chi connectivity index (χ2v) is 4.91. The molecule has 0 heterocycles. The van der Waals surface area contributed by atoms with Crippen LogP contribution in [0.2, 0.25) is 0 Å². The largest absolute Gasteiger partial charge is 0.452 e. The van der Waals surface area contributed by atoms with Gasteiger partial charge in [-0.05, 0) is 42.5 Å². The van der Waals surface area contributed by atoms with Crippen molar-refractivity contribution in [3.05, 3.63) is 59.7 Å². The number of rotatable bonds is 5. The van der Waals surface area contributed by atoms with Crippen molar-refractivity contribution in [3.8, 4) is 0 Å². The first-order chi connectivity index (χ1) is 11.5. The minimum absolute atomic E-state index is 0.263. The molecule has 0 saturated heterocycles. The van der Waals surface area contributed by atoms with E-state index in [9.17, 15) is 14.4 Å². The summed E-state index contributed by atoms with van der Waals surface area (Å²) in [5.74, 6) is -1.39. The van der Waals surface area contributed by atoms with Crippen molar-refractivity contribution in [1.82, 2.24) is 5.32 Å². The van der Waals surface area contributed by atoms with Crippen molar-refractivity contribution in [2.24, 2.45) is 0 Å². The van der Waals surface area contributed by atoms with Crippen molar-refractivity contribution < 1.29 is 19.1 Å². The molecule has 7 nitrogen and oxygen atoms in total. The summed E-state index contributed by atoms with van der Waals surface area (Å²) in [6.45, 7) is -0.437. The van der Waals surface area contributed by atoms with Gasteiger partial charge in [-0.2, -0.15) is 0 Å². The van der Waals surface area contributed by atoms with E-state index in [1.807, 2.05) is 0 Å². The molecule has 0 aliphatic carbocycles. The molecule has 2 aromatic rings. The number of nitrogens with two attached hydrogens (primary N) is 1. The highest BCUT2D eigenvalue weighted by atomic mass is 16.5. The number of anilines is 2. The van der Waals surface area contributed by atoms with Crippen LogP contribution in [0, 0.1) is 0 Å². The summed E-state index contributed by atoms with van der Waals surface area (Å²) < 4.78 is 4.93. The second kappa shape index (κ2) is 7.77. The minimum Gasteiger partial charge on any atom is -0.452 e. The van der Waals surface area contributed by atoms with E-state index in [0.717, 1.165) is 0 Å². The molecule has 4 N–H and O–H groups in total. The zero-order chi connectivity index (χ0) is 17.5. The Bertz CT molecular complexity index is 757. The molecule has 0 saturated carbocycles. The normalized spacial score (nSPS) is 9.88. The van der Waals surface area contributed by atoms with E-state index in [2.05, 4.69) is 10.6 Å². The number of ether oxygens (including phenoxy) is 1. The van der Waals surface area contributed by atoms with E-state index in [4.69, 9.17) is 10.5 Å². The number of hydrogen-bond donors (Lipinski definition) is 3. The molecular weight excluding hydrogens is 310 g/mol. The number of hydrogen-bond acceptors (Lipinski definition) is 5. The van der Waals surface area contributed by atoms with Gasteiger partial charge in [-0.25, -0.2) is 4.79 Å². The van der Waals surface area contributed by atoms with Gasteiger partial charge in [-0.3, -0.25) is 9.59 Å². The molecule has 0 aromatic heterocycles. The van der Waals surface area contributed by atoms with Crippen LogP contribution in [0.5, 0.6) is 0 Å². The summed E-state index contributed by atoms with van der Waals surface area (Å²) in [6, 6.07) is 12.6. The van der Waals surface area contributed by atoms with Gasteiger partial charge in [0.15, 0.2) is 6.61 Å². The van der Waals surface area contributed by atoms with Crippen molar-refractivity contribution in [3.63, 3.8) is 0 Å². The van der Waals surface area contributed by atoms with Crippen LogP contribution < -0.4 is 16.4 Å². The van der Waals surface area contributed by atoms with Crippen molar-refractivity contribution >= 4 is 29.2 Å². The van der Waals surface area contributed by atoms with Crippen LogP contribution in [-0.4, -0.2) is 31.4 Å². The molecule has 2 rings (SSSR count). The molecule has 0 bridgehead atoms. The average Bonchev–Trinajstić information content (AvgIpc) is 2.59. The Hall–Kier alpha value is -3.35. The highest BCUT2D eigenvalue weighted by molar-refractivity contribution is 5.98. The Kier molecular flexibility index (Phi) is 5.51. The number of amides is 2. The topological polar surface area (TPSA) is 111 Å². The Morgan fingerprint density at radius 2 is 1.75 bits per heavy atom. The summed E-state index contributed by atoms with van der Waals surface area (Å²) in [5.41, 5.74) is 7.21. The Morgan fingerprint density at radius 3 is 2.42 bits per heavy atom. The van der Waals surface area contributed by atoms with Gasteiger partial charge in [0.2, 0.25) is 0 Å². The number of nitrogens with one attached hydrogen (secondary N) is 2. The maximum atomic E-state index is 11.8. The summed E-state index contributed by atoms with van der Waals surface area (Å²) in [4.78, 5) is 35.2. The minimum atomic E-state index is -0.621. The lowest BCUT2D eigenvalue weighted by atomic mass is 10.2. The molecule has 7 heteroatoms. The number of carbonyl (C=O) groups is 3. The molecule has 0 fully saturated rings. The van der Waals surface area contributed by atoms with E-state index in [-0.39, 0.29) is 5.91 Å². The third-order valence-electron chi connectivity index (χ3n) is 3.12. The second-order valence-electron chi connectivity index (χ2n) is 4.91. The smallest absolute Gasteiger partial charge is 0.338 e. The first kappa shape index (κ1) is 17.0. The predicted octanol–water partition coefficient (Wildman–Crippen LogP) is 1.42. The van der Waals surface area contributed by atoms with Crippen LogP contribution in [0.4, 0.5) is 11.4 Å². The fourth-order valence-electron chi connectivity index (χ4n) is 1.91. The van der Waals surface area contributed by atoms with E-state index in [0.29, 0.717) is 22.5 Å². The molecule has 0 unspecified atom stereocenters. The van der Waals surface area contributed by atoms with Gasteiger partial charge in [0.05, 0.1) is 5.56 Å². The number of carbonyl (C=O) groups excluding carboxylic acids is 3. The van der Waals surface area contributed by atoms with Gasteiger partial charge < -0.3 is 21.1 Å². The van der Waals surface area contributed by atoms with Gasteiger partial charge >= 0.3 is 5.97 Å². The van der Waals surface area contributed by atoms with Crippen molar-refractivity contribution in [2.75, 3.05) is 24.7 Å². The van der Waals surface area contributed by atoms with E-state index in [1.54, 1.807) is 30.3 Å². The SMILES string of the molecule is CNC(=O)c1cccc(NC(=O)COC(=O)c2ccc(N)cc2)c1. The fourth-order valence-corrected chi connectivity index (χ4v) is 1.91. The maximum absolute atomic E-state index is 11.8. The summed E-state index contributed by atoms with van der Waals surface area (Å²) in [6.07, 6.45) is 0. The average molecular weight is 327 g/mol. The van der Waals surface area contributed by atoms with E-state index < -0.39 is 18.5 Å². The molecule has 0 spiro atoms. The number of benzene rings is 2. The Labute approximate surface area is 138 Å². The summed E-state index contributed by atoms with van der Waals surface area (Å²) in [5, 5.41) is 5.06. The molecule has 2 amide bonds. The standard InChI is InChI=1S/C17H17N3O4/c1-19-16(22)12-3-2-4-14(9-12)20-15(21)10-24-17(23)11-5-7-13(18)8-6-11/h2-9H,10,18H2,1H3,(H,19,22)(H,20,21). The Morgan fingerprint density at radius 1 is 1.04 bits per heavy atom. The number of nitrogen functional groups attached to an aromatic ring is 1. The van der Waals surface area contributed by atoms with Gasteiger partial charge in [0.1, 0.15) is 0 Å². The third-order valence-corrected chi connectivity index (χ3v) is 3.12.